The predicted molar refractivity (Wildman–Crippen MR) is 122 cm³/mol. The van der Waals surface area contributed by atoms with Crippen LogP contribution in [0.1, 0.15) is 0 Å². The van der Waals surface area contributed by atoms with Crippen molar-refractivity contribution in [2.45, 2.75) is 0 Å². The van der Waals surface area contributed by atoms with Gasteiger partial charge in [-0.15, -0.1) is 0 Å². The van der Waals surface area contributed by atoms with Gasteiger partial charge < -0.3 is 0 Å². The van der Waals surface area contributed by atoms with Crippen LogP contribution in [-0.4, -0.2) is 15.0 Å². The molecule has 4 rings (SSSR count). The van der Waals surface area contributed by atoms with E-state index < -0.39 is 0 Å². The lowest BCUT2D eigenvalue weighted by Crippen LogP contribution is -1.94. The molecule has 0 aliphatic carbocycles. The van der Waals surface area contributed by atoms with E-state index in [1.54, 1.807) is 12.4 Å². The molecule has 0 saturated heterocycles. The molecule has 0 bridgehead atoms. The van der Waals surface area contributed by atoms with E-state index in [1.807, 2.05) is 36.4 Å². The zero-order valence-corrected chi connectivity index (χ0v) is 17.9. The standard InChI is InChI=1S/C21H13I2N3/c22-16-9-14(10-17(23)13-16)15-11-20(18-5-1-3-7-24-18)26-21(12-15)19-6-2-4-8-25-19/h1-13H. The Labute approximate surface area is 179 Å². The molecule has 26 heavy (non-hydrogen) atoms. The minimum atomic E-state index is 0.845. The summed E-state index contributed by atoms with van der Waals surface area (Å²) in [5, 5.41) is 0. The summed E-state index contributed by atoms with van der Waals surface area (Å²) in [6.07, 6.45) is 3.58. The maximum atomic E-state index is 4.82. The molecule has 3 nitrogen and oxygen atoms in total. The Morgan fingerprint density at radius 2 is 1.04 bits per heavy atom. The lowest BCUT2D eigenvalue weighted by atomic mass is 10.0. The Morgan fingerprint density at radius 1 is 0.538 bits per heavy atom. The summed E-state index contributed by atoms with van der Waals surface area (Å²) < 4.78 is 2.42. The van der Waals surface area contributed by atoms with Crippen molar-refractivity contribution < 1.29 is 0 Å². The van der Waals surface area contributed by atoms with Gasteiger partial charge in [0.05, 0.1) is 22.8 Å². The van der Waals surface area contributed by atoms with Gasteiger partial charge in [0, 0.05) is 19.5 Å². The first kappa shape index (κ1) is 17.5. The van der Waals surface area contributed by atoms with E-state index >= 15 is 0 Å². The number of pyridine rings is 3. The average molecular weight is 561 g/mol. The minimum Gasteiger partial charge on any atom is -0.255 e. The molecule has 0 aliphatic rings. The fourth-order valence-corrected chi connectivity index (χ4v) is 4.65. The molecule has 0 fully saturated rings. The van der Waals surface area contributed by atoms with Gasteiger partial charge in [-0.25, -0.2) is 4.98 Å². The summed E-state index contributed by atoms with van der Waals surface area (Å²) in [5.41, 5.74) is 5.67. The van der Waals surface area contributed by atoms with Crippen LogP contribution >= 0.6 is 45.2 Å². The van der Waals surface area contributed by atoms with E-state index in [1.165, 1.54) is 7.14 Å². The van der Waals surface area contributed by atoms with Crippen LogP contribution in [0.25, 0.3) is 33.9 Å². The molecule has 0 spiro atoms. The van der Waals surface area contributed by atoms with Crippen LogP contribution in [0.15, 0.2) is 79.1 Å². The summed E-state index contributed by atoms with van der Waals surface area (Å²) in [5.74, 6) is 0. The molecule has 3 heterocycles. The Hall–Kier alpha value is -1.87. The third kappa shape index (κ3) is 3.93. The van der Waals surface area contributed by atoms with Crippen LogP contribution in [0.4, 0.5) is 0 Å². The molecule has 0 atom stereocenters. The summed E-state index contributed by atoms with van der Waals surface area (Å²) in [6.45, 7) is 0. The van der Waals surface area contributed by atoms with Crippen LogP contribution in [0.5, 0.6) is 0 Å². The van der Waals surface area contributed by atoms with Crippen molar-refractivity contribution in [3.8, 4) is 33.9 Å². The Balaban J connectivity index is 1.93. The van der Waals surface area contributed by atoms with Crippen molar-refractivity contribution in [1.29, 1.82) is 0 Å². The molecule has 0 N–H and O–H groups in total. The van der Waals surface area contributed by atoms with Gasteiger partial charge in [0.15, 0.2) is 0 Å². The third-order valence-electron chi connectivity index (χ3n) is 3.88. The van der Waals surface area contributed by atoms with Gasteiger partial charge in [0.2, 0.25) is 0 Å². The van der Waals surface area contributed by atoms with Crippen molar-refractivity contribution in [3.63, 3.8) is 0 Å². The first-order valence-corrected chi connectivity index (χ1v) is 10.2. The van der Waals surface area contributed by atoms with Gasteiger partial charge in [-0.2, -0.15) is 0 Å². The maximum Gasteiger partial charge on any atom is 0.0900 e. The van der Waals surface area contributed by atoms with Crippen LogP contribution in [0.2, 0.25) is 0 Å². The number of hydrogen-bond donors (Lipinski definition) is 0. The van der Waals surface area contributed by atoms with Crippen molar-refractivity contribution in [1.82, 2.24) is 15.0 Å². The molecule has 0 aliphatic heterocycles. The third-order valence-corrected chi connectivity index (χ3v) is 5.12. The second kappa shape index (κ2) is 7.79. The highest BCUT2D eigenvalue weighted by atomic mass is 127. The predicted octanol–water partition coefficient (Wildman–Crippen LogP) is 6.08. The molecule has 3 aromatic heterocycles. The van der Waals surface area contributed by atoms with Gasteiger partial charge in [0.1, 0.15) is 0 Å². The van der Waals surface area contributed by atoms with Gasteiger partial charge in [0.25, 0.3) is 0 Å². The highest BCUT2D eigenvalue weighted by molar-refractivity contribution is 14.1. The van der Waals surface area contributed by atoms with Crippen molar-refractivity contribution in [3.05, 3.63) is 86.3 Å². The Kier molecular flexibility index (Phi) is 5.26. The number of hydrogen-bond acceptors (Lipinski definition) is 3. The number of nitrogens with zero attached hydrogens (tertiary/aromatic N) is 3. The zero-order valence-electron chi connectivity index (χ0n) is 13.6. The quantitative estimate of drug-likeness (QED) is 0.285. The van der Waals surface area contributed by atoms with Crippen molar-refractivity contribution in [2.24, 2.45) is 0 Å². The number of rotatable bonds is 3. The van der Waals surface area contributed by atoms with Crippen molar-refractivity contribution in [2.75, 3.05) is 0 Å². The average Bonchev–Trinajstić information content (AvgIpc) is 2.68. The largest absolute Gasteiger partial charge is 0.255 e. The molecule has 0 unspecified atom stereocenters. The van der Waals surface area contributed by atoms with Gasteiger partial charge in [-0.05, 0) is 111 Å². The highest BCUT2D eigenvalue weighted by Gasteiger charge is 2.11. The summed E-state index contributed by atoms with van der Waals surface area (Å²) in [4.78, 5) is 13.8. The van der Waals surface area contributed by atoms with E-state index in [9.17, 15) is 0 Å². The normalized spacial score (nSPS) is 10.7. The monoisotopic (exact) mass is 561 g/mol. The molecule has 0 amide bonds. The number of halogens is 2. The van der Waals surface area contributed by atoms with Crippen LogP contribution in [0, 0.1) is 7.14 Å². The lowest BCUT2D eigenvalue weighted by Gasteiger charge is -2.10. The van der Waals surface area contributed by atoms with E-state index in [0.29, 0.717) is 0 Å². The molecule has 1 aromatic carbocycles. The molecule has 126 valence electrons. The van der Waals surface area contributed by atoms with Crippen LogP contribution < -0.4 is 0 Å². The smallest absolute Gasteiger partial charge is 0.0900 e. The van der Waals surface area contributed by atoms with E-state index in [-0.39, 0.29) is 0 Å². The fraction of sp³-hybridized carbons (Fsp3) is 0. The molecular formula is C21H13I2N3. The van der Waals surface area contributed by atoms with Gasteiger partial charge in [-0.1, -0.05) is 12.1 Å². The van der Waals surface area contributed by atoms with Crippen molar-refractivity contribution >= 4 is 45.2 Å². The molecule has 0 saturated carbocycles. The van der Waals surface area contributed by atoms with E-state index in [2.05, 4.69) is 85.5 Å². The highest BCUT2D eigenvalue weighted by Crippen LogP contribution is 2.30. The molecule has 5 heteroatoms. The fourth-order valence-electron chi connectivity index (χ4n) is 2.71. The minimum absolute atomic E-state index is 0.845. The lowest BCUT2D eigenvalue weighted by molar-refractivity contribution is 1.22. The molecule has 4 aromatic rings. The maximum absolute atomic E-state index is 4.82. The second-order valence-electron chi connectivity index (χ2n) is 5.71. The van der Waals surface area contributed by atoms with Gasteiger partial charge >= 0.3 is 0 Å². The number of aromatic nitrogens is 3. The molecular weight excluding hydrogens is 548 g/mol. The SMILES string of the molecule is Ic1cc(I)cc(-c2cc(-c3ccccn3)nc(-c3ccccn3)c2)c1. The summed E-state index contributed by atoms with van der Waals surface area (Å²) in [6, 6.07) is 22.4. The second-order valence-corrected chi connectivity index (χ2v) is 8.21. The van der Waals surface area contributed by atoms with Crippen LogP contribution in [0.3, 0.4) is 0 Å². The zero-order chi connectivity index (χ0) is 17.9. The van der Waals surface area contributed by atoms with E-state index in [4.69, 9.17) is 4.98 Å². The van der Waals surface area contributed by atoms with Crippen LogP contribution in [-0.2, 0) is 0 Å². The first-order chi connectivity index (χ1) is 12.7. The van der Waals surface area contributed by atoms with Gasteiger partial charge in [-0.3, -0.25) is 9.97 Å². The first-order valence-electron chi connectivity index (χ1n) is 8.00. The summed E-state index contributed by atoms with van der Waals surface area (Å²) in [7, 11) is 0. The molecule has 0 radical (unpaired) electrons. The Morgan fingerprint density at radius 3 is 1.50 bits per heavy atom. The van der Waals surface area contributed by atoms with E-state index in [0.717, 1.165) is 33.9 Å². The topological polar surface area (TPSA) is 38.7 Å². The summed E-state index contributed by atoms with van der Waals surface area (Å²) >= 11 is 4.71. The number of benzene rings is 1. The Bertz CT molecular complexity index is 973.